The lowest BCUT2D eigenvalue weighted by Gasteiger charge is -1.96. The lowest BCUT2D eigenvalue weighted by Crippen LogP contribution is -1.81. The van der Waals surface area contributed by atoms with Crippen molar-refractivity contribution in [3.8, 4) is 10.4 Å². The van der Waals surface area contributed by atoms with E-state index in [4.69, 9.17) is 0 Å². The molecule has 2 heterocycles. The average molecular weight is 204 g/mol. The van der Waals surface area contributed by atoms with Gasteiger partial charge in [-0.1, -0.05) is 13.8 Å². The maximum atomic E-state index is 4.39. The normalized spacial score (nSPS) is 10.8. The Labute approximate surface area is 87.7 Å². The van der Waals surface area contributed by atoms with Crippen LogP contribution in [0.15, 0.2) is 30.7 Å². The Morgan fingerprint density at radius 2 is 1.93 bits per heavy atom. The zero-order valence-electron chi connectivity index (χ0n) is 8.27. The maximum absolute atomic E-state index is 4.39. The van der Waals surface area contributed by atoms with Crippen molar-refractivity contribution in [1.82, 2.24) is 9.97 Å². The summed E-state index contributed by atoms with van der Waals surface area (Å²) in [5, 5.41) is 1.19. The monoisotopic (exact) mass is 204 g/mol. The van der Waals surface area contributed by atoms with Gasteiger partial charge in [0.05, 0.1) is 9.88 Å². The number of hydrogen-bond donors (Lipinski definition) is 0. The summed E-state index contributed by atoms with van der Waals surface area (Å²) in [6.07, 6.45) is 5.56. The van der Waals surface area contributed by atoms with Crippen LogP contribution >= 0.6 is 11.3 Å². The first-order valence-electron chi connectivity index (χ1n) is 4.63. The Morgan fingerprint density at radius 3 is 2.50 bits per heavy atom. The van der Waals surface area contributed by atoms with Crippen LogP contribution in [0.4, 0.5) is 0 Å². The summed E-state index contributed by atoms with van der Waals surface area (Å²) in [6.45, 7) is 4.32. The minimum atomic E-state index is 0.510. The summed E-state index contributed by atoms with van der Waals surface area (Å²) in [4.78, 5) is 9.61. The highest BCUT2D eigenvalue weighted by Gasteiger charge is 2.06. The minimum absolute atomic E-state index is 0.510. The predicted molar refractivity (Wildman–Crippen MR) is 59.4 cm³/mol. The lowest BCUT2D eigenvalue weighted by molar-refractivity contribution is 0.852. The fourth-order valence-corrected chi connectivity index (χ4v) is 2.13. The highest BCUT2D eigenvalue weighted by Crippen LogP contribution is 2.28. The van der Waals surface area contributed by atoms with Gasteiger partial charge in [-0.25, -0.2) is 4.98 Å². The van der Waals surface area contributed by atoms with Gasteiger partial charge in [0.25, 0.3) is 0 Å². The summed E-state index contributed by atoms with van der Waals surface area (Å²) in [6, 6.07) is 4.02. The Bertz CT molecular complexity index is 406. The molecule has 2 aromatic heterocycles. The molecule has 0 N–H and O–H groups in total. The first-order valence-corrected chi connectivity index (χ1v) is 5.45. The van der Waals surface area contributed by atoms with E-state index in [-0.39, 0.29) is 0 Å². The summed E-state index contributed by atoms with van der Waals surface area (Å²) in [5.74, 6) is 0.510. The molecular formula is C11H12N2S. The van der Waals surface area contributed by atoms with Gasteiger partial charge in [0.15, 0.2) is 0 Å². The molecule has 0 bridgehead atoms. The summed E-state index contributed by atoms with van der Waals surface area (Å²) in [5.41, 5.74) is 1.20. The van der Waals surface area contributed by atoms with Gasteiger partial charge < -0.3 is 0 Å². The van der Waals surface area contributed by atoms with Gasteiger partial charge in [-0.05, 0) is 17.7 Å². The molecule has 0 spiro atoms. The average Bonchev–Trinajstić information content (AvgIpc) is 2.68. The molecule has 0 saturated carbocycles. The maximum Gasteiger partial charge on any atom is 0.0956 e. The Hall–Kier alpha value is -1.22. The van der Waals surface area contributed by atoms with E-state index >= 15 is 0 Å². The van der Waals surface area contributed by atoms with E-state index in [9.17, 15) is 0 Å². The van der Waals surface area contributed by atoms with E-state index < -0.39 is 0 Å². The van der Waals surface area contributed by atoms with Gasteiger partial charge in [-0.3, -0.25) is 4.98 Å². The number of rotatable bonds is 2. The van der Waals surface area contributed by atoms with Gasteiger partial charge in [-0.2, -0.15) is 0 Å². The van der Waals surface area contributed by atoms with Gasteiger partial charge in [-0.15, -0.1) is 11.3 Å². The third-order valence-corrected chi connectivity index (χ3v) is 3.33. The third-order valence-electron chi connectivity index (χ3n) is 1.98. The fraction of sp³-hybridized carbons (Fsp3) is 0.273. The molecule has 0 aliphatic carbocycles. The van der Waals surface area contributed by atoms with Crippen molar-refractivity contribution in [2.24, 2.45) is 0 Å². The van der Waals surface area contributed by atoms with Crippen molar-refractivity contribution in [2.75, 3.05) is 0 Å². The van der Waals surface area contributed by atoms with E-state index in [0.29, 0.717) is 5.92 Å². The van der Waals surface area contributed by atoms with Crippen LogP contribution in [0.3, 0.4) is 0 Å². The number of hydrogen-bond acceptors (Lipinski definition) is 3. The van der Waals surface area contributed by atoms with Crippen LogP contribution in [0.1, 0.15) is 24.8 Å². The van der Waals surface area contributed by atoms with Crippen LogP contribution in [0.2, 0.25) is 0 Å². The fourth-order valence-electron chi connectivity index (χ4n) is 1.20. The Morgan fingerprint density at radius 1 is 1.21 bits per heavy atom. The van der Waals surface area contributed by atoms with Crippen LogP contribution in [-0.2, 0) is 0 Å². The summed E-state index contributed by atoms with van der Waals surface area (Å²) in [7, 11) is 0. The first kappa shape index (κ1) is 9.34. The molecule has 2 rings (SSSR count). The molecule has 14 heavy (non-hydrogen) atoms. The molecule has 2 aromatic rings. The van der Waals surface area contributed by atoms with E-state index in [1.807, 2.05) is 30.7 Å². The minimum Gasteiger partial charge on any atom is -0.265 e. The molecule has 0 aromatic carbocycles. The van der Waals surface area contributed by atoms with Crippen LogP contribution in [-0.4, -0.2) is 9.97 Å². The van der Waals surface area contributed by atoms with Crippen LogP contribution in [0, 0.1) is 0 Å². The number of thiazole rings is 1. The Balaban J connectivity index is 2.34. The molecule has 72 valence electrons. The zero-order chi connectivity index (χ0) is 9.97. The summed E-state index contributed by atoms with van der Waals surface area (Å²) < 4.78 is 0. The second-order valence-corrected chi connectivity index (χ2v) is 4.52. The largest absolute Gasteiger partial charge is 0.265 e. The summed E-state index contributed by atoms with van der Waals surface area (Å²) >= 11 is 1.76. The van der Waals surface area contributed by atoms with Crippen molar-refractivity contribution >= 4 is 11.3 Å². The van der Waals surface area contributed by atoms with E-state index in [1.54, 1.807) is 11.3 Å². The first-order chi connectivity index (χ1) is 6.77. The van der Waals surface area contributed by atoms with Crippen LogP contribution in [0.25, 0.3) is 10.4 Å². The second kappa shape index (κ2) is 3.88. The lowest BCUT2D eigenvalue weighted by atomic mass is 10.2. The molecule has 0 radical (unpaired) electrons. The van der Waals surface area contributed by atoms with Crippen molar-refractivity contribution in [3.63, 3.8) is 0 Å². The molecule has 0 atom stereocenters. The molecule has 3 heteroatoms. The van der Waals surface area contributed by atoms with E-state index in [1.165, 1.54) is 15.4 Å². The highest BCUT2D eigenvalue weighted by molar-refractivity contribution is 7.15. The quantitative estimate of drug-likeness (QED) is 0.750. The molecule has 0 saturated heterocycles. The van der Waals surface area contributed by atoms with Crippen molar-refractivity contribution < 1.29 is 0 Å². The molecule has 0 unspecified atom stereocenters. The molecule has 0 amide bonds. The number of pyridine rings is 1. The number of aromatic nitrogens is 2. The highest BCUT2D eigenvalue weighted by atomic mass is 32.1. The second-order valence-electron chi connectivity index (χ2n) is 3.45. The van der Waals surface area contributed by atoms with Gasteiger partial charge in [0.1, 0.15) is 0 Å². The molecule has 0 aliphatic heterocycles. The standard InChI is InChI=1S/C11H12N2S/c1-8(2)11-13-7-10(14-11)9-3-5-12-6-4-9/h3-8H,1-2H3. The van der Waals surface area contributed by atoms with E-state index in [2.05, 4.69) is 23.8 Å². The molecule has 0 aliphatic rings. The Kier molecular flexibility index (Phi) is 2.59. The third kappa shape index (κ3) is 1.82. The van der Waals surface area contributed by atoms with Crippen molar-refractivity contribution in [1.29, 1.82) is 0 Å². The van der Waals surface area contributed by atoms with E-state index in [0.717, 1.165) is 0 Å². The molecular weight excluding hydrogens is 192 g/mol. The molecule has 2 nitrogen and oxygen atoms in total. The predicted octanol–water partition coefficient (Wildman–Crippen LogP) is 3.33. The van der Waals surface area contributed by atoms with Crippen molar-refractivity contribution in [2.45, 2.75) is 19.8 Å². The zero-order valence-corrected chi connectivity index (χ0v) is 9.08. The topological polar surface area (TPSA) is 25.8 Å². The smallest absolute Gasteiger partial charge is 0.0956 e. The van der Waals surface area contributed by atoms with Crippen LogP contribution in [0.5, 0.6) is 0 Å². The SMILES string of the molecule is CC(C)c1ncc(-c2ccncc2)s1. The van der Waals surface area contributed by atoms with Gasteiger partial charge in [0.2, 0.25) is 0 Å². The molecule has 0 fully saturated rings. The van der Waals surface area contributed by atoms with Crippen molar-refractivity contribution in [3.05, 3.63) is 35.7 Å². The number of nitrogens with zero attached hydrogens (tertiary/aromatic N) is 2. The van der Waals surface area contributed by atoms with Crippen LogP contribution < -0.4 is 0 Å². The van der Waals surface area contributed by atoms with Gasteiger partial charge in [0, 0.05) is 24.5 Å². The van der Waals surface area contributed by atoms with Gasteiger partial charge >= 0.3 is 0 Å².